The van der Waals surface area contributed by atoms with Crippen LogP contribution in [0, 0.1) is 0 Å². The van der Waals surface area contributed by atoms with E-state index in [0.29, 0.717) is 0 Å². The molecule has 2 rings (SSSR count). The molecular weight excluding hydrogens is 188 g/mol. The molecule has 15 heavy (non-hydrogen) atoms. The molecule has 3 heteroatoms. The smallest absolute Gasteiger partial charge is 0.216 e. The van der Waals surface area contributed by atoms with E-state index in [0.717, 1.165) is 13.1 Å². The van der Waals surface area contributed by atoms with Crippen LogP contribution in [-0.4, -0.2) is 19.5 Å². The first-order valence-electron chi connectivity index (χ1n) is 5.20. The predicted octanol–water partition coefficient (Wildman–Crippen LogP) is 1.08. The van der Waals surface area contributed by atoms with Crippen LogP contribution in [0.15, 0.2) is 24.3 Å². The number of benzene rings is 1. The zero-order valence-electron chi connectivity index (χ0n) is 9.34. The monoisotopic (exact) mass is 206 g/mol. The van der Waals surface area contributed by atoms with Crippen molar-refractivity contribution in [1.82, 2.24) is 10.6 Å². The Bertz CT molecular complexity index is 298. The molecule has 0 spiro atoms. The number of rotatable bonds is 0. The first-order valence-corrected chi connectivity index (χ1v) is 5.20. The second kappa shape index (κ2) is 6.19. The SMILES string of the molecule is CNC(C)=O.c1ccc2c(c1)CCNC2. The van der Waals surface area contributed by atoms with Gasteiger partial charge in [0.1, 0.15) is 0 Å². The number of hydrogen-bond acceptors (Lipinski definition) is 2. The van der Waals surface area contributed by atoms with Gasteiger partial charge in [-0.15, -0.1) is 0 Å². The zero-order chi connectivity index (χ0) is 11.1. The number of nitrogens with one attached hydrogen (secondary N) is 2. The van der Waals surface area contributed by atoms with Gasteiger partial charge in [-0.25, -0.2) is 0 Å². The van der Waals surface area contributed by atoms with Crippen molar-refractivity contribution in [3.8, 4) is 0 Å². The molecule has 0 saturated carbocycles. The average Bonchev–Trinajstić information content (AvgIpc) is 2.30. The standard InChI is InChI=1S/C9H11N.C3H7NO/c1-2-4-9-7-10-6-5-8(9)3-1;1-3(5)4-2/h1-4,10H,5-7H2;1-2H3,(H,4,5). The number of fused-ring (bicyclic) bond motifs is 1. The van der Waals surface area contributed by atoms with E-state index in [1.807, 2.05) is 0 Å². The molecule has 1 aliphatic rings. The van der Waals surface area contributed by atoms with Crippen LogP contribution in [0.4, 0.5) is 0 Å². The fraction of sp³-hybridized carbons (Fsp3) is 0.417. The molecule has 0 bridgehead atoms. The second-order valence-corrected chi connectivity index (χ2v) is 3.50. The van der Waals surface area contributed by atoms with Crippen LogP contribution in [-0.2, 0) is 17.8 Å². The molecule has 1 aliphatic heterocycles. The third-order valence-corrected chi connectivity index (χ3v) is 2.36. The Morgan fingerprint density at radius 3 is 2.47 bits per heavy atom. The number of hydrogen-bond donors (Lipinski definition) is 2. The first kappa shape index (κ1) is 11.7. The molecule has 0 aliphatic carbocycles. The van der Waals surface area contributed by atoms with Crippen LogP contribution in [0.1, 0.15) is 18.1 Å². The fourth-order valence-electron chi connectivity index (χ4n) is 1.42. The number of amides is 1. The van der Waals surface area contributed by atoms with Crippen molar-refractivity contribution in [1.29, 1.82) is 0 Å². The van der Waals surface area contributed by atoms with E-state index in [9.17, 15) is 4.79 Å². The highest BCUT2D eigenvalue weighted by atomic mass is 16.1. The van der Waals surface area contributed by atoms with Crippen LogP contribution < -0.4 is 10.6 Å². The Labute approximate surface area is 90.9 Å². The van der Waals surface area contributed by atoms with Crippen molar-refractivity contribution in [2.75, 3.05) is 13.6 Å². The Kier molecular flexibility index (Phi) is 4.84. The average molecular weight is 206 g/mol. The fourth-order valence-corrected chi connectivity index (χ4v) is 1.42. The molecule has 82 valence electrons. The van der Waals surface area contributed by atoms with Crippen molar-refractivity contribution in [2.24, 2.45) is 0 Å². The van der Waals surface area contributed by atoms with Crippen LogP contribution in [0.5, 0.6) is 0 Å². The Hall–Kier alpha value is -1.35. The van der Waals surface area contributed by atoms with E-state index in [2.05, 4.69) is 34.9 Å². The van der Waals surface area contributed by atoms with Gasteiger partial charge in [-0.1, -0.05) is 24.3 Å². The Balaban J connectivity index is 0.000000195. The van der Waals surface area contributed by atoms with Crippen molar-refractivity contribution >= 4 is 5.91 Å². The molecule has 0 saturated heterocycles. The molecule has 1 heterocycles. The van der Waals surface area contributed by atoms with E-state index < -0.39 is 0 Å². The van der Waals surface area contributed by atoms with Gasteiger partial charge in [0.25, 0.3) is 0 Å². The third kappa shape index (κ3) is 4.13. The maximum Gasteiger partial charge on any atom is 0.216 e. The maximum absolute atomic E-state index is 9.70. The van der Waals surface area contributed by atoms with Gasteiger partial charge in [0, 0.05) is 20.5 Å². The highest BCUT2D eigenvalue weighted by molar-refractivity contribution is 5.72. The Morgan fingerprint density at radius 1 is 1.33 bits per heavy atom. The lowest BCUT2D eigenvalue weighted by atomic mass is 10.0. The van der Waals surface area contributed by atoms with Crippen LogP contribution in [0.3, 0.4) is 0 Å². The van der Waals surface area contributed by atoms with Gasteiger partial charge in [0.05, 0.1) is 0 Å². The van der Waals surface area contributed by atoms with Gasteiger partial charge >= 0.3 is 0 Å². The quantitative estimate of drug-likeness (QED) is 0.667. The van der Waals surface area contributed by atoms with Crippen molar-refractivity contribution < 1.29 is 4.79 Å². The van der Waals surface area contributed by atoms with E-state index in [-0.39, 0.29) is 5.91 Å². The molecule has 0 unspecified atom stereocenters. The lowest BCUT2D eigenvalue weighted by molar-refractivity contribution is -0.118. The highest BCUT2D eigenvalue weighted by Gasteiger charge is 2.05. The van der Waals surface area contributed by atoms with E-state index in [4.69, 9.17) is 0 Å². The minimum atomic E-state index is 0.00463. The summed E-state index contributed by atoms with van der Waals surface area (Å²) >= 11 is 0. The van der Waals surface area contributed by atoms with Gasteiger partial charge in [0.2, 0.25) is 5.91 Å². The van der Waals surface area contributed by atoms with E-state index in [1.54, 1.807) is 7.05 Å². The first-order chi connectivity index (χ1) is 7.24. The summed E-state index contributed by atoms with van der Waals surface area (Å²) in [5.74, 6) is 0.00463. The van der Waals surface area contributed by atoms with Gasteiger partial charge in [-0.3, -0.25) is 4.79 Å². The van der Waals surface area contributed by atoms with Crippen LogP contribution in [0.2, 0.25) is 0 Å². The van der Waals surface area contributed by atoms with Crippen molar-refractivity contribution in [3.63, 3.8) is 0 Å². The number of carbonyl (C=O) groups is 1. The second-order valence-electron chi connectivity index (χ2n) is 3.50. The minimum absolute atomic E-state index is 0.00463. The largest absolute Gasteiger partial charge is 0.359 e. The van der Waals surface area contributed by atoms with Crippen LogP contribution in [0.25, 0.3) is 0 Å². The lowest BCUT2D eigenvalue weighted by Crippen LogP contribution is -2.23. The summed E-state index contributed by atoms with van der Waals surface area (Å²) < 4.78 is 0. The molecule has 0 atom stereocenters. The molecule has 0 fully saturated rings. The van der Waals surface area contributed by atoms with Crippen molar-refractivity contribution in [3.05, 3.63) is 35.4 Å². The summed E-state index contributed by atoms with van der Waals surface area (Å²) in [6, 6.07) is 8.63. The molecule has 1 amide bonds. The summed E-state index contributed by atoms with van der Waals surface area (Å²) in [4.78, 5) is 9.70. The topological polar surface area (TPSA) is 41.1 Å². The van der Waals surface area contributed by atoms with Gasteiger partial charge in [0.15, 0.2) is 0 Å². The zero-order valence-corrected chi connectivity index (χ0v) is 9.34. The minimum Gasteiger partial charge on any atom is -0.359 e. The van der Waals surface area contributed by atoms with Gasteiger partial charge in [-0.2, -0.15) is 0 Å². The predicted molar refractivity (Wildman–Crippen MR) is 61.6 cm³/mol. The summed E-state index contributed by atoms with van der Waals surface area (Å²) in [5, 5.41) is 5.73. The summed E-state index contributed by atoms with van der Waals surface area (Å²) in [6.45, 7) is 3.66. The summed E-state index contributed by atoms with van der Waals surface area (Å²) in [6.07, 6.45) is 1.19. The van der Waals surface area contributed by atoms with E-state index >= 15 is 0 Å². The summed E-state index contributed by atoms with van der Waals surface area (Å²) in [5.41, 5.74) is 2.98. The lowest BCUT2D eigenvalue weighted by Gasteiger charge is -2.15. The van der Waals surface area contributed by atoms with Crippen LogP contribution >= 0.6 is 0 Å². The maximum atomic E-state index is 9.70. The molecule has 1 aromatic rings. The molecule has 2 N–H and O–H groups in total. The van der Waals surface area contributed by atoms with E-state index in [1.165, 1.54) is 24.5 Å². The molecule has 0 radical (unpaired) electrons. The molecule has 1 aromatic carbocycles. The molecular formula is C12H18N2O. The van der Waals surface area contributed by atoms with Crippen molar-refractivity contribution in [2.45, 2.75) is 19.9 Å². The normalized spacial score (nSPS) is 13.2. The number of carbonyl (C=O) groups excluding carboxylic acids is 1. The molecule has 3 nitrogen and oxygen atoms in total. The summed E-state index contributed by atoms with van der Waals surface area (Å²) in [7, 11) is 1.60. The van der Waals surface area contributed by atoms with Gasteiger partial charge < -0.3 is 10.6 Å². The highest BCUT2D eigenvalue weighted by Crippen LogP contribution is 2.11. The third-order valence-electron chi connectivity index (χ3n) is 2.36. The Morgan fingerprint density at radius 2 is 1.93 bits per heavy atom. The molecule has 0 aromatic heterocycles. The van der Waals surface area contributed by atoms with Gasteiger partial charge in [-0.05, 0) is 24.1 Å².